The minimum atomic E-state index is -4.28. The summed E-state index contributed by atoms with van der Waals surface area (Å²) in [5, 5.41) is 13.1. The standard InChI is InChI=1S/C21H43N2O6P/c1-6-8-10-11-13-15-21(25)22-19(20(24)14-12-9-7-2)18-29-30(26,27)28-17-16-23(3,4)5/h12,14,19-20,24H,6-11,13,15-18H2,1-5H3,(H-,22,25,26,27)/p+1/b14-12+. The summed E-state index contributed by atoms with van der Waals surface area (Å²) in [5.74, 6) is -0.207. The number of carbonyl (C=O) groups is 1. The van der Waals surface area contributed by atoms with Crippen LogP contribution in [0.25, 0.3) is 0 Å². The predicted molar refractivity (Wildman–Crippen MR) is 120 cm³/mol. The fourth-order valence-electron chi connectivity index (χ4n) is 2.57. The van der Waals surface area contributed by atoms with Gasteiger partial charge in [0.05, 0.1) is 39.9 Å². The Kier molecular flexibility index (Phi) is 15.6. The third-order valence-electron chi connectivity index (χ3n) is 4.49. The van der Waals surface area contributed by atoms with E-state index in [1.54, 1.807) is 6.08 Å². The Hall–Kier alpha value is -0.760. The molecule has 0 aliphatic rings. The number of aliphatic hydroxyl groups is 1. The molecule has 8 nitrogen and oxygen atoms in total. The molecule has 1 amide bonds. The van der Waals surface area contributed by atoms with Gasteiger partial charge in [-0.1, -0.05) is 58.1 Å². The zero-order valence-corrected chi connectivity index (χ0v) is 20.4. The van der Waals surface area contributed by atoms with Crippen molar-refractivity contribution >= 4 is 13.7 Å². The van der Waals surface area contributed by atoms with Crippen molar-refractivity contribution in [2.24, 2.45) is 0 Å². The lowest BCUT2D eigenvalue weighted by molar-refractivity contribution is -0.870. The van der Waals surface area contributed by atoms with Crippen molar-refractivity contribution in [1.29, 1.82) is 0 Å². The van der Waals surface area contributed by atoms with Gasteiger partial charge in [-0.3, -0.25) is 13.8 Å². The number of phosphoric ester groups is 1. The minimum absolute atomic E-state index is 0.0605. The van der Waals surface area contributed by atoms with Gasteiger partial charge in [-0.25, -0.2) is 4.57 Å². The van der Waals surface area contributed by atoms with Gasteiger partial charge in [-0.05, 0) is 12.8 Å². The molecule has 0 bridgehead atoms. The van der Waals surface area contributed by atoms with Crippen molar-refractivity contribution in [1.82, 2.24) is 5.32 Å². The molecular weight excluding hydrogens is 407 g/mol. The van der Waals surface area contributed by atoms with Gasteiger partial charge in [0.2, 0.25) is 5.91 Å². The van der Waals surface area contributed by atoms with Crippen LogP contribution in [0.15, 0.2) is 12.2 Å². The molecule has 0 aliphatic carbocycles. The average molecular weight is 452 g/mol. The fourth-order valence-corrected chi connectivity index (χ4v) is 3.31. The summed E-state index contributed by atoms with van der Waals surface area (Å²) in [6, 6.07) is -0.830. The highest BCUT2D eigenvalue weighted by Gasteiger charge is 2.27. The SMILES string of the molecule is CCC/C=C/C(O)C(COP(=O)(O)OCC[N+](C)(C)C)NC(=O)CCCCCCC. The minimum Gasteiger partial charge on any atom is -0.387 e. The Bertz CT molecular complexity index is 536. The van der Waals surface area contributed by atoms with Gasteiger partial charge in [0.1, 0.15) is 13.2 Å². The fraction of sp³-hybridized carbons (Fsp3) is 0.857. The molecule has 3 unspecified atom stereocenters. The molecule has 0 rings (SSSR count). The highest BCUT2D eigenvalue weighted by Crippen LogP contribution is 2.43. The van der Waals surface area contributed by atoms with Gasteiger partial charge in [0.15, 0.2) is 0 Å². The highest BCUT2D eigenvalue weighted by molar-refractivity contribution is 7.47. The topological polar surface area (TPSA) is 105 Å². The zero-order chi connectivity index (χ0) is 23.0. The van der Waals surface area contributed by atoms with E-state index in [4.69, 9.17) is 9.05 Å². The summed E-state index contributed by atoms with van der Waals surface area (Å²) in [6.45, 7) is 4.43. The van der Waals surface area contributed by atoms with Crippen molar-refractivity contribution in [2.45, 2.75) is 77.4 Å². The van der Waals surface area contributed by atoms with Gasteiger partial charge in [-0.2, -0.15) is 0 Å². The summed E-state index contributed by atoms with van der Waals surface area (Å²) in [5.41, 5.74) is 0. The van der Waals surface area contributed by atoms with Crippen LogP contribution in [0, 0.1) is 0 Å². The van der Waals surface area contributed by atoms with Crippen LogP contribution in [0.2, 0.25) is 0 Å². The van der Waals surface area contributed by atoms with E-state index in [1.165, 1.54) is 0 Å². The lowest BCUT2D eigenvalue weighted by atomic mass is 10.1. The van der Waals surface area contributed by atoms with Gasteiger partial charge in [0, 0.05) is 6.42 Å². The second kappa shape index (κ2) is 16.0. The van der Waals surface area contributed by atoms with E-state index in [-0.39, 0.29) is 19.1 Å². The lowest BCUT2D eigenvalue weighted by Gasteiger charge is -2.25. The maximum Gasteiger partial charge on any atom is 0.472 e. The first-order valence-electron chi connectivity index (χ1n) is 11.1. The van der Waals surface area contributed by atoms with E-state index in [9.17, 15) is 19.4 Å². The van der Waals surface area contributed by atoms with Crippen LogP contribution in [0.1, 0.15) is 65.2 Å². The number of quaternary nitrogens is 1. The maximum atomic E-state index is 12.3. The molecule has 0 aromatic carbocycles. The molecule has 9 heteroatoms. The summed E-state index contributed by atoms with van der Waals surface area (Å²) < 4.78 is 22.8. The molecule has 0 aromatic rings. The largest absolute Gasteiger partial charge is 0.472 e. The Morgan fingerprint density at radius 3 is 2.37 bits per heavy atom. The number of amides is 1. The summed E-state index contributed by atoms with van der Waals surface area (Å²) >= 11 is 0. The zero-order valence-electron chi connectivity index (χ0n) is 19.5. The van der Waals surface area contributed by atoms with Crippen LogP contribution in [-0.2, 0) is 18.4 Å². The Morgan fingerprint density at radius 1 is 1.10 bits per heavy atom. The van der Waals surface area contributed by atoms with Crippen molar-refractivity contribution in [2.75, 3.05) is 40.9 Å². The monoisotopic (exact) mass is 451 g/mol. The first kappa shape index (κ1) is 29.2. The van der Waals surface area contributed by atoms with E-state index < -0.39 is 20.0 Å². The van der Waals surface area contributed by atoms with Gasteiger partial charge in [-0.15, -0.1) is 0 Å². The number of rotatable bonds is 18. The number of likely N-dealkylation sites (N-methyl/N-ethyl adjacent to an activating group) is 1. The number of allylic oxidation sites excluding steroid dienone is 1. The van der Waals surface area contributed by atoms with E-state index >= 15 is 0 Å². The summed E-state index contributed by atoms with van der Waals surface area (Å²) in [7, 11) is 1.55. The molecule has 0 fully saturated rings. The maximum absolute atomic E-state index is 12.3. The lowest BCUT2D eigenvalue weighted by Crippen LogP contribution is -2.45. The number of aliphatic hydroxyl groups excluding tert-OH is 1. The van der Waals surface area contributed by atoms with Crippen LogP contribution in [0.5, 0.6) is 0 Å². The molecule has 0 saturated carbocycles. The smallest absolute Gasteiger partial charge is 0.387 e. The van der Waals surface area contributed by atoms with Crippen molar-refractivity contribution in [3.05, 3.63) is 12.2 Å². The summed E-state index contributed by atoms with van der Waals surface area (Å²) in [6.07, 6.45) is 9.60. The number of hydrogen-bond donors (Lipinski definition) is 3. The third kappa shape index (κ3) is 17.0. The number of phosphoric acid groups is 1. The first-order valence-corrected chi connectivity index (χ1v) is 12.6. The van der Waals surface area contributed by atoms with Crippen molar-refractivity contribution in [3.63, 3.8) is 0 Å². The molecule has 0 spiro atoms. The van der Waals surface area contributed by atoms with Crippen molar-refractivity contribution < 1.29 is 32.9 Å². The Balaban J connectivity index is 4.72. The molecule has 0 radical (unpaired) electrons. The second-order valence-corrected chi connectivity index (χ2v) is 10.1. The highest BCUT2D eigenvalue weighted by atomic mass is 31.2. The normalized spacial score (nSPS) is 16.4. The molecule has 3 atom stereocenters. The quantitative estimate of drug-likeness (QED) is 0.128. The third-order valence-corrected chi connectivity index (χ3v) is 5.47. The van der Waals surface area contributed by atoms with E-state index in [2.05, 4.69) is 12.2 Å². The van der Waals surface area contributed by atoms with Crippen LogP contribution < -0.4 is 5.32 Å². The van der Waals surface area contributed by atoms with E-state index in [0.717, 1.165) is 44.9 Å². The first-order chi connectivity index (χ1) is 14.0. The van der Waals surface area contributed by atoms with Gasteiger partial charge >= 0.3 is 7.82 Å². The molecule has 0 aliphatic heterocycles. The van der Waals surface area contributed by atoms with Crippen LogP contribution >= 0.6 is 7.82 Å². The van der Waals surface area contributed by atoms with Crippen LogP contribution in [0.3, 0.4) is 0 Å². The number of nitrogens with one attached hydrogen (secondary N) is 1. The molecule has 0 saturated heterocycles. The summed E-state index contributed by atoms with van der Waals surface area (Å²) in [4.78, 5) is 22.2. The second-order valence-electron chi connectivity index (χ2n) is 8.66. The van der Waals surface area contributed by atoms with Crippen LogP contribution in [-0.4, -0.2) is 73.4 Å². The van der Waals surface area contributed by atoms with Gasteiger partial charge < -0.3 is 19.8 Å². The Morgan fingerprint density at radius 2 is 1.77 bits per heavy atom. The molecule has 0 heterocycles. The molecule has 3 N–H and O–H groups in total. The number of carbonyl (C=O) groups excluding carboxylic acids is 1. The Labute approximate surface area is 182 Å². The average Bonchev–Trinajstić information content (AvgIpc) is 2.63. The number of unbranched alkanes of at least 4 members (excludes halogenated alkanes) is 5. The molecule has 30 heavy (non-hydrogen) atoms. The molecule has 0 aromatic heterocycles. The number of nitrogens with zero attached hydrogens (tertiary/aromatic N) is 1. The van der Waals surface area contributed by atoms with E-state index in [1.807, 2.05) is 34.1 Å². The number of hydrogen-bond acceptors (Lipinski definition) is 5. The van der Waals surface area contributed by atoms with Crippen molar-refractivity contribution in [3.8, 4) is 0 Å². The predicted octanol–water partition coefficient (Wildman–Crippen LogP) is 3.39. The van der Waals surface area contributed by atoms with Crippen LogP contribution in [0.4, 0.5) is 0 Å². The molecular formula is C21H44N2O6P+. The van der Waals surface area contributed by atoms with E-state index in [0.29, 0.717) is 17.4 Å². The van der Waals surface area contributed by atoms with Gasteiger partial charge in [0.25, 0.3) is 0 Å². The molecule has 178 valence electrons.